The van der Waals surface area contributed by atoms with Gasteiger partial charge in [-0.3, -0.25) is 9.59 Å². The van der Waals surface area contributed by atoms with E-state index in [9.17, 15) is 28.0 Å². The van der Waals surface area contributed by atoms with Crippen LogP contribution in [0.3, 0.4) is 0 Å². The minimum absolute atomic E-state index is 0.0758. The number of hydrogen-bond acceptors (Lipinski definition) is 8. The predicted molar refractivity (Wildman–Crippen MR) is 106 cm³/mol. The number of carboxylic acid groups (broad SMARTS) is 1. The Labute approximate surface area is 180 Å². The number of rotatable bonds is 9. The second-order valence-electron chi connectivity index (χ2n) is 6.40. The average molecular weight is 452 g/mol. The zero-order chi connectivity index (χ0) is 24.1. The lowest BCUT2D eigenvalue weighted by Crippen LogP contribution is -2.43. The molecule has 0 spiro atoms. The molecule has 1 aromatic heterocycles. The highest BCUT2D eigenvalue weighted by molar-refractivity contribution is 5.88. The molecular weight excluding hydrogens is 433 g/mol. The maximum atomic E-state index is 13.3. The predicted octanol–water partition coefficient (Wildman–Crippen LogP) is 2.20. The van der Waals surface area contributed by atoms with Crippen LogP contribution in [0.25, 0.3) is 0 Å². The molecule has 13 heteroatoms. The third-order valence-corrected chi connectivity index (χ3v) is 4.22. The first-order valence-electron chi connectivity index (χ1n) is 9.17. The summed E-state index contributed by atoms with van der Waals surface area (Å²) < 4.78 is 45.2. The first-order valence-corrected chi connectivity index (χ1v) is 9.17. The van der Waals surface area contributed by atoms with Gasteiger partial charge in [-0.2, -0.15) is 28.4 Å². The van der Waals surface area contributed by atoms with Crippen molar-refractivity contribution in [3.05, 3.63) is 35.4 Å². The maximum Gasteiger partial charge on any atom is 0.416 e. The van der Waals surface area contributed by atoms with Crippen LogP contribution in [0.1, 0.15) is 30.9 Å². The van der Waals surface area contributed by atoms with E-state index in [-0.39, 0.29) is 41.9 Å². The molecule has 0 bridgehead atoms. The number of aromatic nitrogens is 2. The van der Waals surface area contributed by atoms with Crippen molar-refractivity contribution in [2.45, 2.75) is 32.0 Å². The number of benzene rings is 1. The largest absolute Gasteiger partial charge is 0.481 e. The van der Waals surface area contributed by atoms with E-state index in [1.807, 2.05) is 0 Å². The third kappa shape index (κ3) is 5.54. The summed E-state index contributed by atoms with van der Waals surface area (Å²) in [4.78, 5) is 32.0. The van der Waals surface area contributed by atoms with Gasteiger partial charge in [0.2, 0.25) is 17.7 Å². The van der Waals surface area contributed by atoms with Crippen molar-refractivity contribution in [1.82, 2.24) is 9.97 Å². The van der Waals surface area contributed by atoms with Crippen LogP contribution >= 0.6 is 0 Å². The number of halogens is 3. The van der Waals surface area contributed by atoms with Gasteiger partial charge in [0.25, 0.3) is 0 Å². The highest BCUT2D eigenvalue weighted by Crippen LogP contribution is 2.37. The first kappa shape index (κ1) is 24.2. The average Bonchev–Trinajstić information content (AvgIpc) is 2.70. The molecule has 1 heterocycles. The third-order valence-electron chi connectivity index (χ3n) is 4.22. The van der Waals surface area contributed by atoms with Crippen molar-refractivity contribution in [3.8, 4) is 11.9 Å². The molecule has 0 aliphatic carbocycles. The van der Waals surface area contributed by atoms with Crippen LogP contribution in [0.5, 0.6) is 5.88 Å². The number of anilines is 3. The van der Waals surface area contributed by atoms with Crippen molar-refractivity contribution in [2.24, 2.45) is 5.73 Å². The van der Waals surface area contributed by atoms with Crippen molar-refractivity contribution >= 4 is 29.3 Å². The molecule has 0 aliphatic heterocycles. The van der Waals surface area contributed by atoms with Gasteiger partial charge in [-0.1, -0.05) is 6.07 Å². The van der Waals surface area contributed by atoms with E-state index in [2.05, 4.69) is 9.97 Å². The summed E-state index contributed by atoms with van der Waals surface area (Å²) in [7, 11) is 0. The smallest absolute Gasteiger partial charge is 0.416 e. The fourth-order valence-electron chi connectivity index (χ4n) is 2.90. The Hall–Kier alpha value is -4.08. The number of amides is 1. The van der Waals surface area contributed by atoms with Gasteiger partial charge in [-0.25, -0.2) is 0 Å². The molecule has 0 saturated carbocycles. The first-order chi connectivity index (χ1) is 15.0. The molecule has 2 aromatic rings. The second-order valence-corrected chi connectivity index (χ2v) is 6.40. The Morgan fingerprint density at radius 1 is 1.34 bits per heavy atom. The molecular formula is C19H19F3N6O4. The van der Waals surface area contributed by atoms with Gasteiger partial charge in [0, 0.05) is 12.1 Å². The molecule has 0 fully saturated rings. The fourth-order valence-corrected chi connectivity index (χ4v) is 2.90. The number of carbonyl (C=O) groups is 2. The monoisotopic (exact) mass is 452 g/mol. The summed E-state index contributed by atoms with van der Waals surface area (Å²) >= 11 is 0. The Kier molecular flexibility index (Phi) is 7.42. The summed E-state index contributed by atoms with van der Waals surface area (Å²) in [5.41, 5.74) is 9.58. The highest BCUT2D eigenvalue weighted by Gasteiger charge is 2.35. The lowest BCUT2D eigenvalue weighted by atomic mass is 10.1. The molecule has 0 radical (unpaired) electrons. The van der Waals surface area contributed by atoms with Crippen molar-refractivity contribution in [3.63, 3.8) is 0 Å². The Bertz CT molecular complexity index is 1050. The van der Waals surface area contributed by atoms with Crippen LogP contribution in [0.4, 0.5) is 30.6 Å². The van der Waals surface area contributed by atoms with Crippen LogP contribution in [0.2, 0.25) is 0 Å². The minimum Gasteiger partial charge on any atom is -0.481 e. The van der Waals surface area contributed by atoms with Crippen molar-refractivity contribution < 1.29 is 32.6 Å². The topological polar surface area (TPSA) is 168 Å². The number of carbonyl (C=O) groups excluding carboxylic acids is 1. The maximum absolute atomic E-state index is 13.3. The molecule has 1 atom stereocenters. The number of primary amides is 1. The number of nitrogen functional groups attached to an aromatic ring is 1. The van der Waals surface area contributed by atoms with Crippen molar-refractivity contribution in [2.75, 3.05) is 17.2 Å². The number of carboxylic acids is 1. The Morgan fingerprint density at radius 3 is 2.56 bits per heavy atom. The molecule has 1 aromatic carbocycles. The van der Waals surface area contributed by atoms with E-state index < -0.39 is 36.1 Å². The summed E-state index contributed by atoms with van der Waals surface area (Å²) in [6.45, 7) is 1.68. The second kappa shape index (κ2) is 9.82. The number of alkyl halides is 3. The normalized spacial score (nSPS) is 12.0. The molecule has 170 valence electrons. The summed E-state index contributed by atoms with van der Waals surface area (Å²) in [6, 6.07) is 4.15. The highest BCUT2D eigenvalue weighted by atomic mass is 19.4. The molecule has 10 nitrogen and oxygen atoms in total. The van der Waals surface area contributed by atoms with E-state index in [0.717, 1.165) is 23.1 Å². The summed E-state index contributed by atoms with van der Waals surface area (Å²) in [5.74, 6) is -3.31. The van der Waals surface area contributed by atoms with E-state index in [1.54, 1.807) is 13.0 Å². The lowest BCUT2D eigenvalue weighted by molar-refractivity contribution is -0.138. The van der Waals surface area contributed by atoms with E-state index in [1.165, 1.54) is 6.07 Å². The zero-order valence-electron chi connectivity index (χ0n) is 16.8. The molecule has 0 unspecified atom stereocenters. The standard InChI is InChI=1S/C19H19F3N6O4/c1-2-32-17-12(9-23)16(26-18(25)27-17)28(13(15(24)31)6-7-14(29)30)11-5-3-4-10(8-11)19(20,21)22/h3-5,8,13H,2,6-7H2,1H3,(H2,24,31)(H,29,30)(H2,25,26,27)/t13-/m0/s1. The van der Waals surface area contributed by atoms with Crippen molar-refractivity contribution in [1.29, 1.82) is 5.26 Å². The number of nitrogens with two attached hydrogens (primary N) is 2. The van der Waals surface area contributed by atoms with E-state index in [4.69, 9.17) is 21.3 Å². The SMILES string of the molecule is CCOc1nc(N)nc(N(c2cccc(C(F)(F)F)c2)[C@@H](CCC(=O)O)C(N)=O)c1C#N. The van der Waals surface area contributed by atoms with Crippen LogP contribution in [-0.2, 0) is 15.8 Å². The number of nitrogens with zero attached hydrogens (tertiary/aromatic N) is 4. The van der Waals surface area contributed by atoms with Gasteiger partial charge in [0.1, 0.15) is 12.1 Å². The van der Waals surface area contributed by atoms with Gasteiger partial charge >= 0.3 is 12.1 Å². The molecule has 5 N–H and O–H groups in total. The lowest BCUT2D eigenvalue weighted by Gasteiger charge is -2.32. The molecule has 0 saturated heterocycles. The molecule has 32 heavy (non-hydrogen) atoms. The summed E-state index contributed by atoms with van der Waals surface area (Å²) in [6.07, 6.45) is -5.65. The van der Waals surface area contributed by atoms with Gasteiger partial charge in [-0.15, -0.1) is 0 Å². The minimum atomic E-state index is -4.72. The number of hydrogen-bond donors (Lipinski definition) is 3. The number of ether oxygens (including phenoxy) is 1. The van der Waals surface area contributed by atoms with Crippen LogP contribution < -0.4 is 21.1 Å². The molecule has 1 amide bonds. The summed E-state index contributed by atoms with van der Waals surface area (Å²) in [5, 5.41) is 18.7. The Balaban J connectivity index is 2.82. The molecule has 2 rings (SSSR count). The van der Waals surface area contributed by atoms with Crippen LogP contribution in [0.15, 0.2) is 24.3 Å². The Morgan fingerprint density at radius 2 is 2.03 bits per heavy atom. The van der Waals surface area contributed by atoms with E-state index in [0.29, 0.717) is 0 Å². The van der Waals surface area contributed by atoms with Gasteiger partial charge in [-0.05, 0) is 31.5 Å². The molecule has 0 aliphatic rings. The van der Waals surface area contributed by atoms with Gasteiger partial charge in [0.15, 0.2) is 11.4 Å². The van der Waals surface area contributed by atoms with Crippen LogP contribution in [0, 0.1) is 11.3 Å². The number of nitriles is 1. The van der Waals surface area contributed by atoms with E-state index >= 15 is 0 Å². The van der Waals surface area contributed by atoms with Crippen LogP contribution in [-0.4, -0.2) is 39.6 Å². The van der Waals surface area contributed by atoms with Gasteiger partial charge < -0.3 is 26.2 Å². The fraction of sp³-hybridized carbons (Fsp3) is 0.316. The zero-order valence-corrected chi connectivity index (χ0v) is 16.8. The quantitative estimate of drug-likeness (QED) is 0.516. The number of aliphatic carboxylic acids is 1. The van der Waals surface area contributed by atoms with Gasteiger partial charge in [0.05, 0.1) is 12.2 Å².